The molecule has 170 valence electrons. The van der Waals surface area contributed by atoms with Gasteiger partial charge in [0.15, 0.2) is 0 Å². The minimum atomic E-state index is -0.405. The Labute approximate surface area is 201 Å². The van der Waals surface area contributed by atoms with Crippen LogP contribution in [0.1, 0.15) is 28.1 Å². The van der Waals surface area contributed by atoms with Gasteiger partial charge >= 0.3 is 0 Å². The maximum Gasteiger partial charge on any atom is 0.289 e. The molecule has 3 aromatic rings. The number of rotatable bonds is 5. The molecule has 0 unspecified atom stereocenters. The van der Waals surface area contributed by atoms with Gasteiger partial charge in [0.2, 0.25) is 0 Å². The van der Waals surface area contributed by atoms with Crippen LogP contribution in [-0.2, 0) is 4.74 Å². The first-order valence-electron chi connectivity index (χ1n) is 9.67. The van der Waals surface area contributed by atoms with E-state index in [1.165, 1.54) is 6.07 Å². The van der Waals surface area contributed by atoms with Crippen LogP contribution in [0.15, 0.2) is 66.7 Å². The molecule has 3 aromatic carbocycles. The fraction of sp³-hybridized carbons (Fsp3) is 0.125. The number of nitrogens with one attached hydrogen (secondary N) is 3. The zero-order valence-corrected chi connectivity index (χ0v) is 18.2. The normalized spacial score (nSPS) is 12.5. The predicted octanol–water partition coefficient (Wildman–Crippen LogP) is 5.91. The Morgan fingerprint density at radius 2 is 1.55 bits per heavy atom. The van der Waals surface area contributed by atoms with E-state index in [1.54, 1.807) is 65.6 Å². The zero-order chi connectivity index (χ0) is 22.7. The Bertz CT molecular complexity index is 1180. The monoisotopic (exact) mass is 484 g/mol. The van der Waals surface area contributed by atoms with Crippen molar-refractivity contribution >= 4 is 58.1 Å². The van der Waals surface area contributed by atoms with Gasteiger partial charge in [0, 0.05) is 27.0 Å². The third-order valence-electron chi connectivity index (χ3n) is 4.82. The lowest BCUT2D eigenvalue weighted by atomic mass is 10.1. The molecule has 4 rings (SSSR count). The van der Waals surface area contributed by atoms with Crippen molar-refractivity contribution in [3.05, 3.63) is 87.9 Å². The van der Waals surface area contributed by atoms with Crippen molar-refractivity contribution in [1.82, 2.24) is 0 Å². The van der Waals surface area contributed by atoms with Gasteiger partial charge in [-0.3, -0.25) is 19.9 Å². The lowest BCUT2D eigenvalue weighted by molar-refractivity contribution is 0.102. The number of anilines is 3. The van der Waals surface area contributed by atoms with Gasteiger partial charge in [-0.25, -0.2) is 0 Å². The molecule has 1 saturated heterocycles. The maximum atomic E-state index is 12.9. The Morgan fingerprint density at radius 1 is 0.879 bits per heavy atom. The predicted molar refractivity (Wildman–Crippen MR) is 133 cm³/mol. The van der Waals surface area contributed by atoms with Crippen molar-refractivity contribution in [3.8, 4) is 0 Å². The fourth-order valence-electron chi connectivity index (χ4n) is 3.20. The second kappa shape index (κ2) is 10.4. The molecule has 0 aliphatic carbocycles. The summed E-state index contributed by atoms with van der Waals surface area (Å²) in [7, 11) is 0. The number of hydrogen-bond acceptors (Lipinski definition) is 4. The van der Waals surface area contributed by atoms with Gasteiger partial charge < -0.3 is 15.4 Å². The second-order valence-electron chi connectivity index (χ2n) is 6.96. The van der Waals surface area contributed by atoms with Crippen LogP contribution in [0.5, 0.6) is 0 Å². The summed E-state index contributed by atoms with van der Waals surface area (Å²) in [6.45, 7) is 1.07. The number of carbonyl (C=O) groups excluding carboxylic acids is 2. The highest BCUT2D eigenvalue weighted by Crippen LogP contribution is 2.25. The molecule has 2 amide bonds. The van der Waals surface area contributed by atoms with Crippen molar-refractivity contribution in [3.63, 3.8) is 0 Å². The highest BCUT2D eigenvalue weighted by molar-refractivity contribution is 6.31. The molecule has 9 heteroatoms. The summed E-state index contributed by atoms with van der Waals surface area (Å²) in [5.74, 6) is -0.796. The number of nitrogens with zero attached hydrogens (tertiary/aromatic N) is 1. The topological polar surface area (TPSA) is 94.5 Å². The van der Waals surface area contributed by atoms with Crippen LogP contribution in [-0.4, -0.2) is 31.0 Å². The molecule has 7 nitrogen and oxygen atoms in total. The van der Waals surface area contributed by atoms with Gasteiger partial charge in [0.05, 0.1) is 17.8 Å². The van der Waals surface area contributed by atoms with E-state index in [2.05, 4.69) is 10.6 Å². The quantitative estimate of drug-likeness (QED) is 0.419. The molecular weight excluding hydrogens is 463 g/mol. The molecule has 0 atom stereocenters. The summed E-state index contributed by atoms with van der Waals surface area (Å²) in [5, 5.41) is 14.2. The molecule has 1 fully saturated rings. The number of carbonyl (C=O) groups is 2. The average Bonchev–Trinajstić information content (AvgIpc) is 3.20. The van der Waals surface area contributed by atoms with Gasteiger partial charge in [-0.15, -0.1) is 0 Å². The van der Waals surface area contributed by atoms with E-state index in [0.29, 0.717) is 34.4 Å². The minimum absolute atomic E-state index is 0. The molecule has 3 N–H and O–H groups in total. The van der Waals surface area contributed by atoms with E-state index < -0.39 is 11.8 Å². The van der Waals surface area contributed by atoms with Crippen LogP contribution >= 0.6 is 23.2 Å². The Morgan fingerprint density at radius 3 is 2.18 bits per heavy atom. The summed E-state index contributed by atoms with van der Waals surface area (Å²) in [4.78, 5) is 27.2. The van der Waals surface area contributed by atoms with E-state index >= 15 is 0 Å². The standard InChI is InChI=1S/C23H18Cl2N4O3.CH4/c24-15-3-1-14(2-4-15)21(30)28-20-13-16(25)5-10-19(20)22(31)27-17-6-8-18(9-7-17)29-11-12-32-23(29)26;/h1-10,13,26H,11-12H2,(H,27,31)(H,28,30);1H4. The Kier molecular flexibility index (Phi) is 7.58. The van der Waals surface area contributed by atoms with Crippen molar-refractivity contribution in [2.24, 2.45) is 0 Å². The summed E-state index contributed by atoms with van der Waals surface area (Å²) < 4.78 is 5.15. The molecule has 0 bridgehead atoms. The molecule has 1 aliphatic rings. The first-order valence-corrected chi connectivity index (χ1v) is 10.4. The molecule has 0 spiro atoms. The van der Waals surface area contributed by atoms with Crippen molar-refractivity contribution in [2.75, 3.05) is 28.7 Å². The number of hydrogen-bond donors (Lipinski definition) is 3. The van der Waals surface area contributed by atoms with Crippen LogP contribution in [0.25, 0.3) is 0 Å². The van der Waals surface area contributed by atoms with Crippen LogP contribution in [0.4, 0.5) is 17.1 Å². The Hall–Kier alpha value is -3.55. The third-order valence-corrected chi connectivity index (χ3v) is 5.30. The molecule has 0 aromatic heterocycles. The number of amidine groups is 1. The third kappa shape index (κ3) is 5.63. The van der Waals surface area contributed by atoms with E-state index in [0.717, 1.165) is 5.69 Å². The molecule has 1 heterocycles. The van der Waals surface area contributed by atoms with Crippen LogP contribution < -0.4 is 15.5 Å². The van der Waals surface area contributed by atoms with E-state index in [9.17, 15) is 9.59 Å². The highest BCUT2D eigenvalue weighted by Gasteiger charge is 2.20. The lowest BCUT2D eigenvalue weighted by Gasteiger charge is -2.16. The fourth-order valence-corrected chi connectivity index (χ4v) is 3.49. The summed E-state index contributed by atoms with van der Waals surface area (Å²) in [5.41, 5.74) is 2.31. The largest absolute Gasteiger partial charge is 0.463 e. The molecule has 1 aliphatic heterocycles. The van der Waals surface area contributed by atoms with Crippen LogP contribution in [0.2, 0.25) is 10.0 Å². The number of benzene rings is 3. The first-order chi connectivity index (χ1) is 15.4. The van der Waals surface area contributed by atoms with Crippen molar-refractivity contribution in [1.29, 1.82) is 5.41 Å². The van der Waals surface area contributed by atoms with Crippen LogP contribution in [0.3, 0.4) is 0 Å². The summed E-state index contributed by atoms with van der Waals surface area (Å²) >= 11 is 12.0. The van der Waals surface area contributed by atoms with Gasteiger partial charge in [0.1, 0.15) is 6.61 Å². The van der Waals surface area contributed by atoms with Gasteiger partial charge in [0.25, 0.3) is 17.8 Å². The highest BCUT2D eigenvalue weighted by atomic mass is 35.5. The first kappa shape index (κ1) is 24.1. The maximum absolute atomic E-state index is 12.9. The SMILES string of the molecule is C.N=C1OCCN1c1ccc(NC(=O)c2ccc(Cl)cc2NC(=O)c2ccc(Cl)cc2)cc1. The van der Waals surface area contributed by atoms with E-state index in [-0.39, 0.29) is 24.7 Å². The Balaban J connectivity index is 0.00000306. The molecule has 0 saturated carbocycles. The number of amides is 2. The smallest absolute Gasteiger partial charge is 0.289 e. The molecular formula is C24H22Cl2N4O3. The van der Waals surface area contributed by atoms with Gasteiger partial charge in [-0.05, 0) is 66.7 Å². The number of ether oxygens (including phenoxy) is 1. The van der Waals surface area contributed by atoms with Gasteiger partial charge in [-0.2, -0.15) is 0 Å². The zero-order valence-electron chi connectivity index (χ0n) is 16.7. The molecule has 33 heavy (non-hydrogen) atoms. The summed E-state index contributed by atoms with van der Waals surface area (Å²) in [6.07, 6.45) is 0. The lowest BCUT2D eigenvalue weighted by Crippen LogP contribution is -2.23. The van der Waals surface area contributed by atoms with Crippen molar-refractivity contribution in [2.45, 2.75) is 7.43 Å². The average molecular weight is 485 g/mol. The summed E-state index contributed by atoms with van der Waals surface area (Å²) in [6, 6.07) is 18.2. The van der Waals surface area contributed by atoms with Gasteiger partial charge in [-0.1, -0.05) is 30.6 Å². The molecule has 0 radical (unpaired) electrons. The number of halogens is 2. The second-order valence-corrected chi connectivity index (χ2v) is 7.83. The van der Waals surface area contributed by atoms with E-state index in [1.807, 2.05) is 0 Å². The van der Waals surface area contributed by atoms with Crippen molar-refractivity contribution < 1.29 is 14.3 Å². The minimum Gasteiger partial charge on any atom is -0.463 e. The van der Waals surface area contributed by atoms with E-state index in [4.69, 9.17) is 33.3 Å². The van der Waals surface area contributed by atoms with Crippen LogP contribution in [0, 0.1) is 5.41 Å².